The van der Waals surface area contributed by atoms with Gasteiger partial charge in [0, 0.05) is 22.8 Å². The summed E-state index contributed by atoms with van der Waals surface area (Å²) in [5.41, 5.74) is 2.63. The largest absolute Gasteiger partial charge is 0.497 e. The van der Waals surface area contributed by atoms with E-state index in [0.717, 1.165) is 33.7 Å². The van der Waals surface area contributed by atoms with E-state index in [2.05, 4.69) is 10.3 Å². The van der Waals surface area contributed by atoms with Gasteiger partial charge in [-0.1, -0.05) is 18.2 Å². The van der Waals surface area contributed by atoms with Crippen LogP contribution in [0.15, 0.2) is 79.0 Å². The molecule has 0 unspecified atom stereocenters. The van der Waals surface area contributed by atoms with Gasteiger partial charge < -0.3 is 19.8 Å². The number of carbonyl (C=O) groups is 1. The van der Waals surface area contributed by atoms with Crippen molar-refractivity contribution in [2.24, 2.45) is 0 Å². The number of hydrogen-bond donors (Lipinski definition) is 2. The number of benzene rings is 3. The quantitative estimate of drug-likeness (QED) is 0.492. The number of aromatic nitrogens is 1. The Morgan fingerprint density at radius 1 is 0.929 bits per heavy atom. The van der Waals surface area contributed by atoms with Gasteiger partial charge in [0.1, 0.15) is 17.2 Å². The zero-order valence-electron chi connectivity index (χ0n) is 15.4. The first-order chi connectivity index (χ1) is 13.7. The summed E-state index contributed by atoms with van der Waals surface area (Å²) < 4.78 is 11.0. The van der Waals surface area contributed by atoms with Gasteiger partial charge in [0.25, 0.3) is 0 Å². The summed E-state index contributed by atoms with van der Waals surface area (Å²) in [6.07, 6.45) is 2.13. The Labute approximate surface area is 162 Å². The molecule has 4 rings (SSSR count). The van der Waals surface area contributed by atoms with Crippen molar-refractivity contribution >= 4 is 22.5 Å². The van der Waals surface area contributed by atoms with Crippen LogP contribution in [0, 0.1) is 0 Å². The third kappa shape index (κ3) is 3.99. The maximum atomic E-state index is 12.5. The van der Waals surface area contributed by atoms with Crippen molar-refractivity contribution < 1.29 is 14.3 Å². The molecule has 5 nitrogen and oxygen atoms in total. The maximum Gasteiger partial charge on any atom is 0.228 e. The van der Waals surface area contributed by atoms with Crippen LogP contribution in [0.4, 0.5) is 5.69 Å². The summed E-state index contributed by atoms with van der Waals surface area (Å²) in [6.45, 7) is 0. The molecule has 0 atom stereocenters. The summed E-state index contributed by atoms with van der Waals surface area (Å²) >= 11 is 0. The zero-order chi connectivity index (χ0) is 19.3. The number of ether oxygens (including phenoxy) is 2. The highest BCUT2D eigenvalue weighted by Crippen LogP contribution is 2.25. The predicted octanol–water partition coefficient (Wildman–Crippen LogP) is 5.15. The topological polar surface area (TPSA) is 63.4 Å². The molecule has 0 spiro atoms. The number of hydrogen-bond acceptors (Lipinski definition) is 3. The number of nitrogens with one attached hydrogen (secondary N) is 2. The monoisotopic (exact) mass is 372 g/mol. The molecule has 0 saturated carbocycles. The molecule has 0 saturated heterocycles. The second-order valence-corrected chi connectivity index (χ2v) is 6.39. The van der Waals surface area contributed by atoms with E-state index in [9.17, 15) is 4.79 Å². The van der Waals surface area contributed by atoms with Crippen LogP contribution in [0.5, 0.6) is 17.2 Å². The van der Waals surface area contributed by atoms with Crippen LogP contribution in [0.2, 0.25) is 0 Å². The lowest BCUT2D eigenvalue weighted by atomic mass is 10.1. The van der Waals surface area contributed by atoms with E-state index in [1.165, 1.54) is 0 Å². The van der Waals surface area contributed by atoms with Crippen molar-refractivity contribution in [3.05, 3.63) is 84.6 Å². The highest BCUT2D eigenvalue weighted by atomic mass is 16.5. The fourth-order valence-corrected chi connectivity index (χ4v) is 3.04. The van der Waals surface area contributed by atoms with E-state index >= 15 is 0 Å². The third-order valence-electron chi connectivity index (χ3n) is 4.44. The van der Waals surface area contributed by atoms with Crippen molar-refractivity contribution in [1.29, 1.82) is 0 Å². The Morgan fingerprint density at radius 3 is 2.39 bits per heavy atom. The maximum absolute atomic E-state index is 12.5. The minimum atomic E-state index is -0.0829. The SMILES string of the molecule is COc1ccc2[nH]cc(CC(=O)Nc3ccc(Oc4ccccc4)cc3)c2c1. The van der Waals surface area contributed by atoms with Gasteiger partial charge in [-0.15, -0.1) is 0 Å². The van der Waals surface area contributed by atoms with E-state index < -0.39 is 0 Å². The van der Waals surface area contributed by atoms with Crippen LogP contribution in [0.1, 0.15) is 5.56 Å². The van der Waals surface area contributed by atoms with Crippen molar-refractivity contribution in [2.75, 3.05) is 12.4 Å². The molecular formula is C23H20N2O3. The first-order valence-electron chi connectivity index (χ1n) is 8.98. The first-order valence-corrected chi connectivity index (χ1v) is 8.98. The molecule has 0 aliphatic heterocycles. The van der Waals surface area contributed by atoms with Gasteiger partial charge in [-0.25, -0.2) is 0 Å². The number of aromatic amines is 1. The molecule has 2 N–H and O–H groups in total. The second kappa shape index (κ2) is 7.88. The van der Waals surface area contributed by atoms with Crippen LogP contribution in [-0.2, 0) is 11.2 Å². The predicted molar refractivity (Wildman–Crippen MR) is 110 cm³/mol. The van der Waals surface area contributed by atoms with Crippen LogP contribution in [0.3, 0.4) is 0 Å². The van der Waals surface area contributed by atoms with E-state index in [1.54, 1.807) is 7.11 Å². The number of anilines is 1. The molecule has 3 aromatic carbocycles. The minimum absolute atomic E-state index is 0.0829. The van der Waals surface area contributed by atoms with Gasteiger partial charge >= 0.3 is 0 Å². The highest BCUT2D eigenvalue weighted by molar-refractivity contribution is 5.96. The molecular weight excluding hydrogens is 352 g/mol. The molecule has 0 aliphatic rings. The average Bonchev–Trinajstić information content (AvgIpc) is 3.12. The summed E-state index contributed by atoms with van der Waals surface area (Å²) in [6, 6.07) is 22.7. The van der Waals surface area contributed by atoms with Crippen LogP contribution in [0.25, 0.3) is 10.9 Å². The Morgan fingerprint density at radius 2 is 1.64 bits per heavy atom. The summed E-state index contributed by atoms with van der Waals surface area (Å²) in [7, 11) is 1.63. The fraction of sp³-hybridized carbons (Fsp3) is 0.0870. The molecule has 0 radical (unpaired) electrons. The zero-order valence-corrected chi connectivity index (χ0v) is 15.4. The van der Waals surface area contributed by atoms with Gasteiger partial charge in [-0.05, 0) is 60.2 Å². The van der Waals surface area contributed by atoms with Crippen molar-refractivity contribution in [3.8, 4) is 17.2 Å². The third-order valence-corrected chi connectivity index (χ3v) is 4.44. The Hall–Kier alpha value is -3.73. The lowest BCUT2D eigenvalue weighted by molar-refractivity contribution is -0.115. The molecule has 5 heteroatoms. The van der Waals surface area contributed by atoms with Gasteiger partial charge in [0.2, 0.25) is 5.91 Å². The number of fused-ring (bicyclic) bond motifs is 1. The van der Waals surface area contributed by atoms with Gasteiger partial charge in [0.05, 0.1) is 13.5 Å². The first kappa shape index (κ1) is 17.7. The number of H-pyrrole nitrogens is 1. The number of amides is 1. The summed E-state index contributed by atoms with van der Waals surface area (Å²) in [5.74, 6) is 2.17. The molecule has 0 fully saturated rings. The van der Waals surface area contributed by atoms with E-state index in [4.69, 9.17) is 9.47 Å². The smallest absolute Gasteiger partial charge is 0.228 e. The number of methoxy groups -OCH3 is 1. The lowest BCUT2D eigenvalue weighted by Gasteiger charge is -2.08. The molecule has 0 aliphatic carbocycles. The lowest BCUT2D eigenvalue weighted by Crippen LogP contribution is -2.14. The van der Waals surface area contributed by atoms with Crippen LogP contribution in [-0.4, -0.2) is 18.0 Å². The van der Waals surface area contributed by atoms with E-state index in [1.807, 2.05) is 79.0 Å². The molecule has 140 valence electrons. The van der Waals surface area contributed by atoms with E-state index in [-0.39, 0.29) is 12.3 Å². The molecule has 0 bridgehead atoms. The minimum Gasteiger partial charge on any atom is -0.497 e. The Balaban J connectivity index is 1.41. The van der Waals surface area contributed by atoms with Crippen LogP contribution < -0.4 is 14.8 Å². The Bertz CT molecular complexity index is 1090. The van der Waals surface area contributed by atoms with Gasteiger partial charge in [-0.2, -0.15) is 0 Å². The second-order valence-electron chi connectivity index (χ2n) is 6.39. The van der Waals surface area contributed by atoms with Gasteiger partial charge in [0.15, 0.2) is 0 Å². The molecule has 1 amide bonds. The highest BCUT2D eigenvalue weighted by Gasteiger charge is 2.10. The molecule has 28 heavy (non-hydrogen) atoms. The molecule has 1 heterocycles. The number of carbonyl (C=O) groups excluding carboxylic acids is 1. The van der Waals surface area contributed by atoms with Crippen molar-refractivity contribution in [2.45, 2.75) is 6.42 Å². The van der Waals surface area contributed by atoms with Crippen LogP contribution >= 0.6 is 0 Å². The van der Waals surface area contributed by atoms with Gasteiger partial charge in [-0.3, -0.25) is 4.79 Å². The fourth-order valence-electron chi connectivity index (χ4n) is 3.04. The molecule has 1 aromatic heterocycles. The van der Waals surface area contributed by atoms with Crippen molar-refractivity contribution in [3.63, 3.8) is 0 Å². The normalized spacial score (nSPS) is 10.6. The Kier molecular flexibility index (Phi) is 4.97. The molecule has 4 aromatic rings. The van der Waals surface area contributed by atoms with E-state index in [0.29, 0.717) is 5.75 Å². The van der Waals surface area contributed by atoms with Crippen molar-refractivity contribution in [1.82, 2.24) is 4.98 Å². The number of para-hydroxylation sites is 1. The summed E-state index contributed by atoms with van der Waals surface area (Å²) in [4.78, 5) is 15.7. The standard InChI is InChI=1S/C23H20N2O3/c1-27-20-11-12-22-21(14-20)16(15-24-22)13-23(26)25-17-7-9-19(10-8-17)28-18-5-3-2-4-6-18/h2-12,14-15,24H,13H2,1H3,(H,25,26). The average molecular weight is 372 g/mol. The number of rotatable bonds is 6. The summed E-state index contributed by atoms with van der Waals surface area (Å²) in [5, 5.41) is 3.91.